The van der Waals surface area contributed by atoms with Gasteiger partial charge in [0, 0.05) is 17.7 Å². The molecule has 8 atom stereocenters. The average Bonchev–Trinajstić information content (AvgIpc) is 3.25. The van der Waals surface area contributed by atoms with Gasteiger partial charge in [0.25, 0.3) is 5.69 Å². The van der Waals surface area contributed by atoms with Crippen LogP contribution in [0.25, 0.3) is 0 Å². The van der Waals surface area contributed by atoms with Gasteiger partial charge in [0.05, 0.1) is 4.92 Å². The van der Waals surface area contributed by atoms with Crippen molar-refractivity contribution in [3.63, 3.8) is 0 Å². The summed E-state index contributed by atoms with van der Waals surface area (Å²) in [6, 6.07) is 4.31. The molecule has 220 valence electrons. The number of allylic oxidation sites excluding steroid dienone is 2. The summed E-state index contributed by atoms with van der Waals surface area (Å²) in [6.07, 6.45) is 14.5. The third-order valence-corrected chi connectivity index (χ3v) is 12.1. The molecule has 0 amide bonds. The maximum absolute atomic E-state index is 11.5. The number of nitro groups is 1. The minimum atomic E-state index is -1.38. The van der Waals surface area contributed by atoms with E-state index in [1.165, 1.54) is 68.7 Å². The Morgan fingerprint density at radius 1 is 1.10 bits per heavy atom. The Balaban J connectivity index is 1.34. The Kier molecular flexibility index (Phi) is 8.11. The highest BCUT2D eigenvalue weighted by molar-refractivity contribution is 5.63. The number of hydrogen-bond acceptors (Lipinski definition) is 4. The fourth-order valence-electron chi connectivity index (χ4n) is 10.1. The molecule has 6 nitrogen and oxygen atoms in total. The first-order valence-corrected chi connectivity index (χ1v) is 15.8. The van der Waals surface area contributed by atoms with Crippen molar-refractivity contribution >= 4 is 11.8 Å². The van der Waals surface area contributed by atoms with Crippen LogP contribution in [0.5, 0.6) is 5.75 Å². The summed E-state index contributed by atoms with van der Waals surface area (Å²) in [7, 11) is 0. The van der Waals surface area contributed by atoms with Crippen LogP contribution in [-0.2, 0) is 0 Å². The van der Waals surface area contributed by atoms with Crippen molar-refractivity contribution in [3.8, 4) is 5.75 Å². The Morgan fingerprint density at radius 2 is 1.88 bits per heavy atom. The lowest BCUT2D eigenvalue weighted by Gasteiger charge is -2.58. The van der Waals surface area contributed by atoms with Gasteiger partial charge in [0.2, 0.25) is 0 Å². The van der Waals surface area contributed by atoms with E-state index in [2.05, 4.69) is 40.7 Å². The van der Waals surface area contributed by atoms with Crippen LogP contribution in [-0.4, -0.2) is 16.2 Å². The van der Waals surface area contributed by atoms with E-state index in [1.54, 1.807) is 0 Å². The smallest absolute Gasteiger partial charge is 0.449 e. The van der Waals surface area contributed by atoms with Gasteiger partial charge in [-0.25, -0.2) is 4.79 Å². The van der Waals surface area contributed by atoms with Gasteiger partial charge in [0.15, 0.2) is 0 Å². The van der Waals surface area contributed by atoms with Crippen LogP contribution >= 0.6 is 0 Å². The highest BCUT2D eigenvalue weighted by atomic mass is 16.7. The maximum Gasteiger partial charge on any atom is 0.511 e. The minimum Gasteiger partial charge on any atom is -0.449 e. The second-order valence-electron chi connectivity index (χ2n) is 14.6. The molecule has 3 fully saturated rings. The summed E-state index contributed by atoms with van der Waals surface area (Å²) >= 11 is 0. The molecule has 3 saturated carbocycles. The van der Waals surface area contributed by atoms with Gasteiger partial charge >= 0.3 is 6.16 Å². The standard InChI is InChI=1S/C34H49NO5/c1-21(2)7-6-8-22(3)28-12-13-29-26-11-9-24-19-23(15-17-33(24,4)30(26)16-18-34(28,29)5)27-20-25(35(38)39)10-14-31(27)40-32(36)37/h9-10,14,20-23,26,28-30H,6-8,11-13,15-19H2,1-5H3,(H,36,37)/t22-,23?,26?,28-,29?,30?,33+,34-/m1/s1. The fourth-order valence-corrected chi connectivity index (χ4v) is 10.1. The summed E-state index contributed by atoms with van der Waals surface area (Å²) < 4.78 is 5.08. The molecule has 1 aromatic rings. The number of benzene rings is 1. The monoisotopic (exact) mass is 551 g/mol. The molecule has 0 spiro atoms. The van der Waals surface area contributed by atoms with E-state index in [9.17, 15) is 20.0 Å². The van der Waals surface area contributed by atoms with Gasteiger partial charge in [-0.3, -0.25) is 10.1 Å². The number of rotatable bonds is 8. The predicted molar refractivity (Wildman–Crippen MR) is 158 cm³/mol. The highest BCUT2D eigenvalue weighted by Crippen LogP contribution is 2.68. The zero-order valence-electron chi connectivity index (χ0n) is 25.2. The lowest BCUT2D eigenvalue weighted by molar-refractivity contribution is -0.385. The average molecular weight is 552 g/mol. The molecule has 0 heterocycles. The molecule has 0 radical (unpaired) electrons. The molecule has 4 unspecified atom stereocenters. The van der Waals surface area contributed by atoms with Crippen molar-refractivity contribution in [2.75, 3.05) is 0 Å². The highest BCUT2D eigenvalue weighted by Gasteiger charge is 2.59. The number of carbonyl (C=O) groups is 1. The molecule has 0 aromatic heterocycles. The first-order valence-electron chi connectivity index (χ1n) is 15.8. The first kappa shape index (κ1) is 29.1. The molecule has 4 aliphatic carbocycles. The third kappa shape index (κ3) is 5.20. The molecule has 4 aliphatic rings. The number of fused-ring (bicyclic) bond motifs is 5. The van der Waals surface area contributed by atoms with E-state index in [0.29, 0.717) is 16.9 Å². The van der Waals surface area contributed by atoms with Crippen LogP contribution in [0.3, 0.4) is 0 Å². The second kappa shape index (κ2) is 11.1. The van der Waals surface area contributed by atoms with Crippen LogP contribution in [0.2, 0.25) is 0 Å². The van der Waals surface area contributed by atoms with Gasteiger partial charge in [0.1, 0.15) is 5.75 Å². The summed E-state index contributed by atoms with van der Waals surface area (Å²) in [4.78, 5) is 22.4. The number of nitrogens with zero attached hydrogens (tertiary/aromatic N) is 1. The van der Waals surface area contributed by atoms with Crippen LogP contribution in [0.1, 0.15) is 117 Å². The van der Waals surface area contributed by atoms with Gasteiger partial charge in [-0.15, -0.1) is 0 Å². The number of nitro benzene ring substituents is 1. The van der Waals surface area contributed by atoms with E-state index in [4.69, 9.17) is 4.74 Å². The van der Waals surface area contributed by atoms with Crippen LogP contribution in [0.15, 0.2) is 29.8 Å². The minimum absolute atomic E-state index is 0.0143. The van der Waals surface area contributed by atoms with Crippen molar-refractivity contribution in [2.45, 2.75) is 111 Å². The van der Waals surface area contributed by atoms with Gasteiger partial charge in [-0.1, -0.05) is 65.5 Å². The van der Waals surface area contributed by atoms with Gasteiger partial charge in [-0.05, 0) is 110 Å². The molecular formula is C34H49NO5. The van der Waals surface area contributed by atoms with E-state index >= 15 is 0 Å². The number of hydrogen-bond donors (Lipinski definition) is 1. The van der Waals surface area contributed by atoms with Crippen LogP contribution < -0.4 is 4.74 Å². The largest absolute Gasteiger partial charge is 0.511 e. The van der Waals surface area contributed by atoms with Gasteiger partial charge < -0.3 is 9.84 Å². The van der Waals surface area contributed by atoms with Gasteiger partial charge in [-0.2, -0.15) is 0 Å². The van der Waals surface area contributed by atoms with Crippen molar-refractivity contribution in [1.29, 1.82) is 0 Å². The third-order valence-electron chi connectivity index (χ3n) is 12.1. The molecule has 0 saturated heterocycles. The van der Waals surface area contributed by atoms with E-state index < -0.39 is 11.1 Å². The summed E-state index contributed by atoms with van der Waals surface area (Å²) in [5, 5.41) is 20.8. The Morgan fingerprint density at radius 3 is 2.58 bits per heavy atom. The van der Waals surface area contributed by atoms with Crippen molar-refractivity contribution < 1.29 is 19.6 Å². The molecule has 5 rings (SSSR count). The fraction of sp³-hybridized carbons (Fsp3) is 0.735. The Hall–Kier alpha value is -2.37. The maximum atomic E-state index is 11.5. The van der Waals surface area contributed by atoms with E-state index in [-0.39, 0.29) is 22.8 Å². The van der Waals surface area contributed by atoms with Crippen LogP contribution in [0.4, 0.5) is 10.5 Å². The second-order valence-corrected chi connectivity index (χ2v) is 14.6. The molecule has 1 N–H and O–H groups in total. The van der Waals surface area contributed by atoms with Crippen LogP contribution in [0, 0.1) is 56.5 Å². The van der Waals surface area contributed by atoms with E-state index in [1.807, 2.05) is 0 Å². The zero-order valence-corrected chi connectivity index (χ0v) is 25.2. The number of carboxylic acid groups (broad SMARTS) is 1. The number of non-ortho nitro benzene ring substituents is 1. The van der Waals surface area contributed by atoms with Crippen molar-refractivity contribution in [2.24, 2.45) is 46.3 Å². The molecular weight excluding hydrogens is 502 g/mol. The number of ether oxygens (including phenoxy) is 1. The first-order chi connectivity index (χ1) is 18.9. The molecule has 6 heteroatoms. The lowest BCUT2D eigenvalue weighted by Crippen LogP contribution is -2.50. The predicted octanol–water partition coefficient (Wildman–Crippen LogP) is 9.78. The molecule has 0 aliphatic heterocycles. The Labute approximate surface area is 240 Å². The summed E-state index contributed by atoms with van der Waals surface area (Å²) in [6.45, 7) is 12.3. The summed E-state index contributed by atoms with van der Waals surface area (Å²) in [5.41, 5.74) is 2.75. The quantitative estimate of drug-likeness (QED) is 0.114. The molecule has 40 heavy (non-hydrogen) atoms. The SMILES string of the molecule is CC(C)CCC[C@@H](C)[C@H]1CCC2C3CC=C4CC(c5cc([N+](=O)[O-])ccc5OC(=O)O)CC[C@]4(C)C3CC[C@@]21C. The van der Waals surface area contributed by atoms with Crippen molar-refractivity contribution in [3.05, 3.63) is 45.5 Å². The summed E-state index contributed by atoms with van der Waals surface area (Å²) in [5.74, 6) is 4.96. The lowest BCUT2D eigenvalue weighted by atomic mass is 9.46. The zero-order chi connectivity index (χ0) is 28.8. The molecule has 0 bridgehead atoms. The van der Waals surface area contributed by atoms with E-state index in [0.717, 1.165) is 55.3 Å². The van der Waals surface area contributed by atoms with Crippen molar-refractivity contribution in [1.82, 2.24) is 0 Å². The molecule has 1 aromatic carbocycles. The Bertz CT molecular complexity index is 1160. The topological polar surface area (TPSA) is 89.7 Å². The normalized spacial score (nSPS) is 35.8.